The van der Waals surface area contributed by atoms with Gasteiger partial charge in [-0.1, -0.05) is 296 Å². The second kappa shape index (κ2) is 67.1. The van der Waals surface area contributed by atoms with Crippen LogP contribution in [-0.2, 0) is 28.6 Å². The van der Waals surface area contributed by atoms with Crippen LogP contribution in [0.4, 0.5) is 0 Å². The number of hydrogen-bond donors (Lipinski definition) is 0. The van der Waals surface area contributed by atoms with Crippen LogP contribution in [0.15, 0.2) is 134 Å². The molecule has 454 valence electrons. The predicted octanol–water partition coefficient (Wildman–Crippen LogP) is 22.9. The Labute approximate surface area is 494 Å². The van der Waals surface area contributed by atoms with Crippen LogP contribution in [-0.4, -0.2) is 37.2 Å². The molecule has 6 nitrogen and oxygen atoms in total. The lowest BCUT2D eigenvalue weighted by Gasteiger charge is -2.18. The van der Waals surface area contributed by atoms with E-state index in [4.69, 9.17) is 14.2 Å². The summed E-state index contributed by atoms with van der Waals surface area (Å²) in [6.07, 6.45) is 94.6. The van der Waals surface area contributed by atoms with Crippen molar-refractivity contribution < 1.29 is 28.6 Å². The first-order valence-electron chi connectivity index (χ1n) is 33.2. The third-order valence-corrected chi connectivity index (χ3v) is 13.9. The fraction of sp³-hybridized carbons (Fsp3) is 0.662. The van der Waals surface area contributed by atoms with E-state index >= 15 is 0 Å². The van der Waals surface area contributed by atoms with Crippen LogP contribution in [0.3, 0.4) is 0 Å². The maximum absolute atomic E-state index is 12.9. The molecule has 80 heavy (non-hydrogen) atoms. The summed E-state index contributed by atoms with van der Waals surface area (Å²) >= 11 is 0. The SMILES string of the molecule is CC/C=C\C/C=C\C/C=C\C/C=C\C/C=C\C/C=C\C/C=C\C/C=C\CCCCC(=O)OCC(COC(=O)CCCCCCC/C=C\C/C=C\C/C=C\CC)OC(=O)CCCCCCCCCCCCCCCCCCCCCC. The van der Waals surface area contributed by atoms with Gasteiger partial charge in [-0.25, -0.2) is 0 Å². The van der Waals surface area contributed by atoms with Gasteiger partial charge in [-0.3, -0.25) is 14.4 Å². The van der Waals surface area contributed by atoms with Crippen LogP contribution in [0.2, 0.25) is 0 Å². The molecule has 0 aromatic carbocycles. The summed E-state index contributed by atoms with van der Waals surface area (Å²) in [5.41, 5.74) is 0. The molecule has 0 aliphatic carbocycles. The molecule has 0 radical (unpaired) electrons. The van der Waals surface area contributed by atoms with Crippen molar-refractivity contribution in [2.75, 3.05) is 13.2 Å². The van der Waals surface area contributed by atoms with Gasteiger partial charge >= 0.3 is 17.9 Å². The molecule has 0 spiro atoms. The molecule has 0 heterocycles. The van der Waals surface area contributed by atoms with Gasteiger partial charge in [-0.15, -0.1) is 0 Å². The van der Waals surface area contributed by atoms with Crippen LogP contribution < -0.4 is 0 Å². The van der Waals surface area contributed by atoms with E-state index in [1.807, 2.05) is 0 Å². The minimum Gasteiger partial charge on any atom is -0.462 e. The molecule has 0 aliphatic rings. The zero-order valence-corrected chi connectivity index (χ0v) is 52.0. The molecular weight excluding hydrogens is 985 g/mol. The summed E-state index contributed by atoms with van der Waals surface area (Å²) in [5, 5.41) is 0. The average molecular weight is 1110 g/mol. The van der Waals surface area contributed by atoms with Crippen molar-refractivity contribution in [3.63, 3.8) is 0 Å². The quantitative estimate of drug-likeness (QED) is 0.0261. The second-order valence-corrected chi connectivity index (χ2v) is 21.6. The maximum Gasteiger partial charge on any atom is 0.306 e. The third-order valence-electron chi connectivity index (χ3n) is 13.9. The van der Waals surface area contributed by atoms with E-state index in [0.29, 0.717) is 25.7 Å². The summed E-state index contributed by atoms with van der Waals surface area (Å²) in [6, 6.07) is 0. The molecule has 0 saturated heterocycles. The fourth-order valence-corrected chi connectivity index (χ4v) is 9.00. The lowest BCUT2D eigenvalue weighted by atomic mass is 10.0. The molecule has 0 N–H and O–H groups in total. The number of carbonyl (C=O) groups is 3. The Morgan fingerprint density at radius 2 is 0.487 bits per heavy atom. The number of ether oxygens (including phenoxy) is 3. The molecule has 1 unspecified atom stereocenters. The first kappa shape index (κ1) is 75.5. The summed E-state index contributed by atoms with van der Waals surface area (Å²) in [4.78, 5) is 38.4. The summed E-state index contributed by atoms with van der Waals surface area (Å²) in [5.74, 6) is -0.956. The molecule has 0 amide bonds. The van der Waals surface area contributed by atoms with Gasteiger partial charge in [0.25, 0.3) is 0 Å². The highest BCUT2D eigenvalue weighted by molar-refractivity contribution is 5.71. The Kier molecular flexibility index (Phi) is 63.3. The smallest absolute Gasteiger partial charge is 0.306 e. The normalized spacial score (nSPS) is 13.0. The van der Waals surface area contributed by atoms with Crippen LogP contribution in [0.5, 0.6) is 0 Å². The fourth-order valence-electron chi connectivity index (χ4n) is 9.00. The minimum absolute atomic E-state index is 0.102. The Balaban J connectivity index is 4.45. The lowest BCUT2D eigenvalue weighted by Crippen LogP contribution is -2.30. The lowest BCUT2D eigenvalue weighted by molar-refractivity contribution is -0.167. The predicted molar refractivity (Wildman–Crippen MR) is 348 cm³/mol. The highest BCUT2D eigenvalue weighted by atomic mass is 16.6. The van der Waals surface area contributed by atoms with Crippen molar-refractivity contribution in [2.45, 2.75) is 303 Å². The van der Waals surface area contributed by atoms with E-state index in [2.05, 4.69) is 154 Å². The number of allylic oxidation sites excluding steroid dienone is 22. The topological polar surface area (TPSA) is 78.9 Å². The van der Waals surface area contributed by atoms with E-state index < -0.39 is 6.10 Å². The van der Waals surface area contributed by atoms with Crippen molar-refractivity contribution in [3.05, 3.63) is 134 Å². The van der Waals surface area contributed by atoms with Gasteiger partial charge in [-0.2, -0.15) is 0 Å². The van der Waals surface area contributed by atoms with Crippen LogP contribution >= 0.6 is 0 Å². The first-order chi connectivity index (χ1) is 39.5. The van der Waals surface area contributed by atoms with Crippen molar-refractivity contribution in [1.82, 2.24) is 0 Å². The van der Waals surface area contributed by atoms with E-state index in [9.17, 15) is 14.4 Å². The van der Waals surface area contributed by atoms with Gasteiger partial charge in [0.15, 0.2) is 6.10 Å². The number of carbonyl (C=O) groups excluding carboxylic acids is 3. The van der Waals surface area contributed by atoms with E-state index in [-0.39, 0.29) is 31.1 Å². The van der Waals surface area contributed by atoms with Crippen LogP contribution in [0.1, 0.15) is 297 Å². The van der Waals surface area contributed by atoms with Gasteiger partial charge < -0.3 is 14.2 Å². The molecule has 6 heteroatoms. The van der Waals surface area contributed by atoms with Crippen molar-refractivity contribution >= 4 is 17.9 Å². The molecule has 0 aliphatic heterocycles. The Morgan fingerprint density at radius 3 is 0.787 bits per heavy atom. The van der Waals surface area contributed by atoms with E-state index in [1.54, 1.807) is 0 Å². The standard InChI is InChI=1S/C74H122O6/c1-4-7-10-13-16-19-22-25-28-30-32-34-35-36-37-38-39-40-42-43-46-49-52-55-58-61-64-67-73(76)79-70-71(69-78-72(75)66-63-60-57-54-51-48-45-27-24-21-18-15-12-9-6-3)80-74(77)68-65-62-59-56-53-50-47-44-41-33-31-29-26-23-20-17-14-11-8-5-2/h7,9-10,12,16,18-19,21,25,27-28,32,34,36-37,39-40,43,45-46,52,55,71H,4-6,8,11,13-15,17,20,22-24,26,29-31,33,35,38,41-42,44,47-51,53-54,56-70H2,1-3H3/b10-7-,12-9-,19-16-,21-18-,28-25-,34-32-,37-36-,40-39-,45-27-,46-43-,55-52-. The van der Waals surface area contributed by atoms with Gasteiger partial charge in [0.05, 0.1) is 0 Å². The van der Waals surface area contributed by atoms with Gasteiger partial charge in [-0.05, 0) is 116 Å². The zero-order chi connectivity index (χ0) is 57.8. The highest BCUT2D eigenvalue weighted by Crippen LogP contribution is 2.16. The van der Waals surface area contributed by atoms with E-state index in [0.717, 1.165) is 141 Å². The largest absolute Gasteiger partial charge is 0.462 e. The van der Waals surface area contributed by atoms with E-state index in [1.165, 1.54) is 109 Å². The van der Waals surface area contributed by atoms with Gasteiger partial charge in [0.1, 0.15) is 13.2 Å². The summed E-state index contributed by atoms with van der Waals surface area (Å²) in [6.45, 7) is 6.39. The molecule has 0 aromatic rings. The van der Waals surface area contributed by atoms with Gasteiger partial charge in [0, 0.05) is 19.3 Å². The van der Waals surface area contributed by atoms with Crippen LogP contribution in [0.25, 0.3) is 0 Å². The molecule has 0 bridgehead atoms. The van der Waals surface area contributed by atoms with Crippen LogP contribution in [0, 0.1) is 0 Å². The Morgan fingerprint density at radius 1 is 0.263 bits per heavy atom. The number of hydrogen-bond acceptors (Lipinski definition) is 6. The summed E-state index contributed by atoms with van der Waals surface area (Å²) in [7, 11) is 0. The Hall–Kier alpha value is -4.45. The highest BCUT2D eigenvalue weighted by Gasteiger charge is 2.19. The average Bonchev–Trinajstić information content (AvgIpc) is 3.46. The maximum atomic E-state index is 12.9. The van der Waals surface area contributed by atoms with Crippen molar-refractivity contribution in [3.8, 4) is 0 Å². The van der Waals surface area contributed by atoms with Crippen molar-refractivity contribution in [1.29, 1.82) is 0 Å². The Bertz CT molecular complexity index is 1700. The molecule has 0 fully saturated rings. The zero-order valence-electron chi connectivity index (χ0n) is 52.0. The third kappa shape index (κ3) is 64.4. The number of rotatable bonds is 59. The number of esters is 3. The van der Waals surface area contributed by atoms with Gasteiger partial charge in [0.2, 0.25) is 0 Å². The van der Waals surface area contributed by atoms with Crippen molar-refractivity contribution in [2.24, 2.45) is 0 Å². The first-order valence-corrected chi connectivity index (χ1v) is 33.2. The molecule has 0 rings (SSSR count). The second-order valence-electron chi connectivity index (χ2n) is 21.6. The number of unbranched alkanes of at least 4 members (excludes halogenated alkanes) is 26. The molecular formula is C74H122O6. The molecule has 0 aromatic heterocycles. The minimum atomic E-state index is -0.808. The monoisotopic (exact) mass is 1110 g/mol. The molecule has 0 saturated carbocycles. The summed E-state index contributed by atoms with van der Waals surface area (Å²) < 4.78 is 16.9. The molecule has 1 atom stereocenters.